The number of hydrogen-bond acceptors (Lipinski definition) is 3. The molecule has 0 atom stereocenters. The van der Waals surface area contributed by atoms with E-state index in [9.17, 15) is 0 Å². The summed E-state index contributed by atoms with van der Waals surface area (Å²) in [5.74, 6) is 0.849. The van der Waals surface area contributed by atoms with Gasteiger partial charge in [-0.2, -0.15) is 0 Å². The van der Waals surface area contributed by atoms with E-state index in [1.807, 2.05) is 6.07 Å². The van der Waals surface area contributed by atoms with Gasteiger partial charge in [0, 0.05) is 5.56 Å². The fourth-order valence-corrected chi connectivity index (χ4v) is 1.90. The second-order valence-electron chi connectivity index (χ2n) is 4.09. The first-order valence-electron chi connectivity index (χ1n) is 5.48. The summed E-state index contributed by atoms with van der Waals surface area (Å²) in [4.78, 5) is 15.8. The first-order chi connectivity index (χ1) is 8.25. The maximum atomic E-state index is 4.48. The Morgan fingerprint density at radius 2 is 2.06 bits per heavy atom. The molecule has 2 heterocycles. The SMILES string of the molecule is Cc1cccc(-c2nc3ncncc3[nH]2)c1C. The van der Waals surface area contributed by atoms with Gasteiger partial charge in [0.15, 0.2) is 5.65 Å². The molecule has 3 aromatic rings. The molecule has 0 saturated carbocycles. The van der Waals surface area contributed by atoms with Gasteiger partial charge in [-0.3, -0.25) is 0 Å². The molecule has 4 nitrogen and oxygen atoms in total. The van der Waals surface area contributed by atoms with E-state index in [1.54, 1.807) is 6.20 Å². The highest BCUT2D eigenvalue weighted by atomic mass is 15.0. The van der Waals surface area contributed by atoms with Crippen LogP contribution in [0.2, 0.25) is 0 Å². The number of benzene rings is 1. The second kappa shape index (κ2) is 3.66. The van der Waals surface area contributed by atoms with Crippen LogP contribution in [0.4, 0.5) is 0 Å². The molecule has 4 heteroatoms. The Labute approximate surface area is 98.8 Å². The third kappa shape index (κ3) is 1.58. The molecular formula is C13H12N4. The van der Waals surface area contributed by atoms with E-state index in [2.05, 4.69) is 45.9 Å². The van der Waals surface area contributed by atoms with Crippen LogP contribution in [0.5, 0.6) is 0 Å². The van der Waals surface area contributed by atoms with Gasteiger partial charge in [0.05, 0.1) is 6.20 Å². The first kappa shape index (κ1) is 9.96. The van der Waals surface area contributed by atoms with Crippen LogP contribution in [-0.4, -0.2) is 19.9 Å². The lowest BCUT2D eigenvalue weighted by atomic mass is 10.0. The number of nitrogens with one attached hydrogen (secondary N) is 1. The zero-order valence-electron chi connectivity index (χ0n) is 9.73. The molecule has 0 bridgehead atoms. The molecule has 1 aromatic carbocycles. The highest BCUT2D eigenvalue weighted by Crippen LogP contribution is 2.24. The fraction of sp³-hybridized carbons (Fsp3) is 0.154. The van der Waals surface area contributed by atoms with Crippen LogP contribution in [0.25, 0.3) is 22.6 Å². The number of rotatable bonds is 1. The van der Waals surface area contributed by atoms with Gasteiger partial charge in [-0.15, -0.1) is 0 Å². The van der Waals surface area contributed by atoms with Crippen molar-refractivity contribution < 1.29 is 0 Å². The molecule has 0 aliphatic rings. The predicted molar refractivity (Wildman–Crippen MR) is 66.6 cm³/mol. The summed E-state index contributed by atoms with van der Waals surface area (Å²) in [6, 6.07) is 6.20. The number of aromatic amines is 1. The monoisotopic (exact) mass is 224 g/mol. The number of aromatic nitrogens is 4. The van der Waals surface area contributed by atoms with Gasteiger partial charge in [-0.25, -0.2) is 15.0 Å². The summed E-state index contributed by atoms with van der Waals surface area (Å²) < 4.78 is 0. The second-order valence-corrected chi connectivity index (χ2v) is 4.09. The minimum Gasteiger partial charge on any atom is -0.335 e. The van der Waals surface area contributed by atoms with Crippen molar-refractivity contribution in [3.05, 3.63) is 41.9 Å². The van der Waals surface area contributed by atoms with Gasteiger partial charge in [0.25, 0.3) is 0 Å². The number of H-pyrrole nitrogens is 1. The molecule has 84 valence electrons. The molecule has 0 unspecified atom stereocenters. The van der Waals surface area contributed by atoms with E-state index < -0.39 is 0 Å². The molecule has 2 aromatic heterocycles. The van der Waals surface area contributed by atoms with Gasteiger partial charge >= 0.3 is 0 Å². The lowest BCUT2D eigenvalue weighted by molar-refractivity contribution is 1.20. The van der Waals surface area contributed by atoms with Crippen molar-refractivity contribution in [3.63, 3.8) is 0 Å². The summed E-state index contributed by atoms with van der Waals surface area (Å²) in [6.07, 6.45) is 3.25. The fourth-order valence-electron chi connectivity index (χ4n) is 1.90. The number of hydrogen-bond donors (Lipinski definition) is 1. The molecule has 3 rings (SSSR count). The Morgan fingerprint density at radius 3 is 2.88 bits per heavy atom. The molecule has 17 heavy (non-hydrogen) atoms. The highest BCUT2D eigenvalue weighted by molar-refractivity contribution is 5.76. The van der Waals surface area contributed by atoms with Gasteiger partial charge in [0.1, 0.15) is 17.7 Å². The lowest BCUT2D eigenvalue weighted by Gasteiger charge is -2.04. The van der Waals surface area contributed by atoms with E-state index >= 15 is 0 Å². The van der Waals surface area contributed by atoms with E-state index in [0.29, 0.717) is 5.65 Å². The van der Waals surface area contributed by atoms with Crippen LogP contribution in [0, 0.1) is 13.8 Å². The number of fused-ring (bicyclic) bond motifs is 1. The van der Waals surface area contributed by atoms with Crippen LogP contribution in [0.15, 0.2) is 30.7 Å². The molecule has 0 saturated heterocycles. The molecule has 0 fully saturated rings. The van der Waals surface area contributed by atoms with Gasteiger partial charge in [0.2, 0.25) is 0 Å². The minimum atomic E-state index is 0.705. The van der Waals surface area contributed by atoms with Crippen LogP contribution in [0.3, 0.4) is 0 Å². The largest absolute Gasteiger partial charge is 0.335 e. The number of imidazole rings is 1. The Morgan fingerprint density at radius 1 is 1.18 bits per heavy atom. The molecule has 0 aliphatic carbocycles. The van der Waals surface area contributed by atoms with Crippen LogP contribution >= 0.6 is 0 Å². The summed E-state index contributed by atoms with van der Waals surface area (Å²) in [5.41, 5.74) is 5.18. The maximum absolute atomic E-state index is 4.48. The molecular weight excluding hydrogens is 212 g/mol. The van der Waals surface area contributed by atoms with Gasteiger partial charge < -0.3 is 4.98 Å². The normalized spacial score (nSPS) is 10.9. The highest BCUT2D eigenvalue weighted by Gasteiger charge is 2.09. The third-order valence-electron chi connectivity index (χ3n) is 3.02. The number of nitrogens with zero attached hydrogens (tertiary/aromatic N) is 3. The molecule has 1 N–H and O–H groups in total. The number of aryl methyl sites for hydroxylation is 1. The Balaban J connectivity index is 2.24. The van der Waals surface area contributed by atoms with Crippen molar-refractivity contribution in [2.75, 3.05) is 0 Å². The van der Waals surface area contributed by atoms with E-state index in [-0.39, 0.29) is 0 Å². The zero-order chi connectivity index (χ0) is 11.8. The van der Waals surface area contributed by atoms with Crippen LogP contribution < -0.4 is 0 Å². The average Bonchev–Trinajstić information content (AvgIpc) is 2.76. The van der Waals surface area contributed by atoms with Gasteiger partial charge in [-0.05, 0) is 25.0 Å². The average molecular weight is 224 g/mol. The summed E-state index contributed by atoms with van der Waals surface area (Å²) in [5, 5.41) is 0. The van der Waals surface area contributed by atoms with Gasteiger partial charge in [-0.1, -0.05) is 18.2 Å². The van der Waals surface area contributed by atoms with Crippen molar-refractivity contribution in [3.8, 4) is 11.4 Å². The van der Waals surface area contributed by atoms with E-state index in [0.717, 1.165) is 16.9 Å². The van der Waals surface area contributed by atoms with E-state index in [4.69, 9.17) is 0 Å². The Kier molecular flexibility index (Phi) is 2.14. The lowest BCUT2D eigenvalue weighted by Crippen LogP contribution is -1.88. The van der Waals surface area contributed by atoms with Crippen LogP contribution in [-0.2, 0) is 0 Å². The van der Waals surface area contributed by atoms with Crippen molar-refractivity contribution in [2.24, 2.45) is 0 Å². The van der Waals surface area contributed by atoms with Crippen molar-refractivity contribution in [1.29, 1.82) is 0 Å². The Bertz CT molecular complexity index is 652. The summed E-state index contributed by atoms with van der Waals surface area (Å²) in [7, 11) is 0. The topological polar surface area (TPSA) is 54.5 Å². The minimum absolute atomic E-state index is 0.705. The van der Waals surface area contributed by atoms with E-state index in [1.165, 1.54) is 17.5 Å². The van der Waals surface area contributed by atoms with Crippen molar-refractivity contribution in [2.45, 2.75) is 13.8 Å². The summed E-state index contributed by atoms with van der Waals surface area (Å²) in [6.45, 7) is 4.20. The smallest absolute Gasteiger partial charge is 0.181 e. The standard InChI is InChI=1S/C13H12N4/c1-8-4-3-5-10(9(8)2)12-16-11-6-14-7-15-13(11)17-12/h3-7H,1-2H3,(H,14,15,16,17). The quantitative estimate of drug-likeness (QED) is 0.691. The van der Waals surface area contributed by atoms with Crippen molar-refractivity contribution in [1.82, 2.24) is 19.9 Å². The molecule has 0 amide bonds. The zero-order valence-corrected chi connectivity index (χ0v) is 9.73. The first-order valence-corrected chi connectivity index (χ1v) is 5.48. The van der Waals surface area contributed by atoms with Crippen molar-refractivity contribution >= 4 is 11.2 Å². The van der Waals surface area contributed by atoms with Crippen LogP contribution in [0.1, 0.15) is 11.1 Å². The maximum Gasteiger partial charge on any atom is 0.181 e. The third-order valence-corrected chi connectivity index (χ3v) is 3.02. The molecule has 0 radical (unpaired) electrons. The molecule has 0 aliphatic heterocycles. The Hall–Kier alpha value is -2.23. The molecule has 0 spiro atoms. The predicted octanol–water partition coefficient (Wildman–Crippen LogP) is 2.64. The summed E-state index contributed by atoms with van der Waals surface area (Å²) >= 11 is 0.